The number of nitrogens with zero attached hydrogens (tertiary/aromatic N) is 2. The second-order valence-corrected chi connectivity index (χ2v) is 5.74. The van der Waals surface area contributed by atoms with E-state index in [1.165, 1.54) is 0 Å². The van der Waals surface area contributed by atoms with Gasteiger partial charge in [-0.25, -0.2) is 4.79 Å². The molecule has 0 aliphatic rings. The molecule has 0 heterocycles. The van der Waals surface area contributed by atoms with Gasteiger partial charge in [0.1, 0.15) is 11.8 Å². The van der Waals surface area contributed by atoms with Crippen LogP contribution in [0.1, 0.15) is 17.2 Å². The molecule has 1 atom stereocenters. The van der Waals surface area contributed by atoms with Crippen LogP contribution < -0.4 is 15.4 Å². The molecular weight excluding hydrogens is 316 g/mol. The average molecular weight is 338 g/mol. The molecule has 0 fully saturated rings. The van der Waals surface area contributed by atoms with Crippen molar-refractivity contribution in [3.05, 3.63) is 59.7 Å². The number of urea groups is 1. The third kappa shape index (κ3) is 4.96. The first-order valence-electron chi connectivity index (χ1n) is 7.89. The maximum atomic E-state index is 12.2. The zero-order chi connectivity index (χ0) is 18.2. The van der Waals surface area contributed by atoms with Gasteiger partial charge in [0, 0.05) is 6.54 Å². The second kappa shape index (κ2) is 8.71. The number of rotatable bonds is 6. The fourth-order valence-electron chi connectivity index (χ4n) is 2.47. The maximum absolute atomic E-state index is 12.2. The number of para-hydroxylation sites is 1. The summed E-state index contributed by atoms with van der Waals surface area (Å²) in [5.74, 6) is 0.792. The van der Waals surface area contributed by atoms with Crippen LogP contribution in [-0.2, 0) is 0 Å². The molecule has 2 N–H and O–H groups in total. The molecule has 0 saturated carbocycles. The molecule has 0 aliphatic heterocycles. The molecule has 2 rings (SSSR count). The van der Waals surface area contributed by atoms with Crippen molar-refractivity contribution in [1.82, 2.24) is 10.2 Å². The van der Waals surface area contributed by atoms with E-state index in [1.807, 2.05) is 43.3 Å². The molecule has 0 aliphatic carbocycles. The lowest BCUT2D eigenvalue weighted by Gasteiger charge is -2.25. The SMILES string of the molecule is COc1ccc(C(CNC(=O)Nc2ccccc2C#N)N(C)C)cc1. The van der Waals surface area contributed by atoms with E-state index in [4.69, 9.17) is 10.00 Å². The lowest BCUT2D eigenvalue weighted by Crippen LogP contribution is -2.37. The minimum Gasteiger partial charge on any atom is -0.497 e. The van der Waals surface area contributed by atoms with Crippen molar-refractivity contribution < 1.29 is 9.53 Å². The molecule has 0 aromatic heterocycles. The topological polar surface area (TPSA) is 77.4 Å². The van der Waals surface area contributed by atoms with E-state index in [9.17, 15) is 4.79 Å². The van der Waals surface area contributed by atoms with E-state index in [0.717, 1.165) is 11.3 Å². The molecular formula is C19H22N4O2. The van der Waals surface area contributed by atoms with E-state index in [0.29, 0.717) is 17.8 Å². The van der Waals surface area contributed by atoms with E-state index in [-0.39, 0.29) is 12.1 Å². The summed E-state index contributed by atoms with van der Waals surface area (Å²) in [5.41, 5.74) is 1.99. The number of methoxy groups -OCH3 is 1. The zero-order valence-corrected chi connectivity index (χ0v) is 14.6. The van der Waals surface area contributed by atoms with Crippen molar-refractivity contribution in [2.45, 2.75) is 6.04 Å². The molecule has 2 aromatic rings. The molecule has 6 nitrogen and oxygen atoms in total. The van der Waals surface area contributed by atoms with Gasteiger partial charge in [-0.3, -0.25) is 0 Å². The number of anilines is 1. The van der Waals surface area contributed by atoms with Gasteiger partial charge in [-0.15, -0.1) is 0 Å². The number of benzene rings is 2. The van der Waals surface area contributed by atoms with Crippen LogP contribution in [0.25, 0.3) is 0 Å². The lowest BCUT2D eigenvalue weighted by atomic mass is 10.1. The summed E-state index contributed by atoms with van der Waals surface area (Å²) in [6.45, 7) is 0.430. The Balaban J connectivity index is 2.00. The third-order valence-electron chi connectivity index (χ3n) is 3.88. The van der Waals surface area contributed by atoms with E-state index < -0.39 is 0 Å². The standard InChI is InChI=1S/C19H22N4O2/c1-23(2)18(14-8-10-16(25-3)11-9-14)13-21-19(24)22-17-7-5-4-6-15(17)12-20/h4-11,18H,13H2,1-3H3,(H2,21,22,24). The molecule has 130 valence electrons. The highest BCUT2D eigenvalue weighted by Crippen LogP contribution is 2.21. The monoisotopic (exact) mass is 338 g/mol. The Bertz CT molecular complexity index is 751. The van der Waals surface area contributed by atoms with Crippen LogP contribution in [0, 0.1) is 11.3 Å². The summed E-state index contributed by atoms with van der Waals surface area (Å²) in [4.78, 5) is 14.2. The van der Waals surface area contributed by atoms with Gasteiger partial charge < -0.3 is 20.3 Å². The molecule has 6 heteroatoms. The maximum Gasteiger partial charge on any atom is 0.319 e. The highest BCUT2D eigenvalue weighted by Gasteiger charge is 2.16. The normalized spacial score (nSPS) is 11.5. The van der Waals surface area contributed by atoms with Gasteiger partial charge in [0.15, 0.2) is 0 Å². The van der Waals surface area contributed by atoms with Crippen molar-refractivity contribution in [2.75, 3.05) is 33.1 Å². The Hall–Kier alpha value is -3.04. The van der Waals surface area contributed by atoms with Crippen molar-refractivity contribution in [1.29, 1.82) is 5.26 Å². The number of ether oxygens (including phenoxy) is 1. The summed E-state index contributed by atoms with van der Waals surface area (Å²) >= 11 is 0. The largest absolute Gasteiger partial charge is 0.497 e. The Morgan fingerprint density at radius 3 is 2.48 bits per heavy atom. The average Bonchev–Trinajstić information content (AvgIpc) is 2.62. The van der Waals surface area contributed by atoms with Crippen LogP contribution in [-0.4, -0.2) is 38.7 Å². The second-order valence-electron chi connectivity index (χ2n) is 5.74. The summed E-state index contributed by atoms with van der Waals surface area (Å²) in [7, 11) is 5.54. The zero-order valence-electron chi connectivity index (χ0n) is 14.6. The smallest absolute Gasteiger partial charge is 0.319 e. The fraction of sp³-hybridized carbons (Fsp3) is 0.263. The van der Waals surface area contributed by atoms with Crippen LogP contribution in [0.2, 0.25) is 0 Å². The number of nitriles is 1. The molecule has 0 spiro atoms. The summed E-state index contributed by atoms with van der Waals surface area (Å²) in [6.07, 6.45) is 0. The number of hydrogen-bond acceptors (Lipinski definition) is 4. The van der Waals surface area contributed by atoms with E-state index in [1.54, 1.807) is 31.4 Å². The number of nitrogens with one attached hydrogen (secondary N) is 2. The first kappa shape index (κ1) is 18.3. The van der Waals surface area contributed by atoms with E-state index >= 15 is 0 Å². The lowest BCUT2D eigenvalue weighted by molar-refractivity contribution is 0.243. The molecule has 0 saturated heterocycles. The van der Waals surface area contributed by atoms with Gasteiger partial charge in [0.2, 0.25) is 0 Å². The highest BCUT2D eigenvalue weighted by atomic mass is 16.5. The minimum atomic E-state index is -0.344. The summed E-state index contributed by atoms with van der Waals surface area (Å²) in [5, 5.41) is 14.6. The number of hydrogen-bond donors (Lipinski definition) is 2. The number of amides is 2. The Kier molecular flexibility index (Phi) is 6.38. The quantitative estimate of drug-likeness (QED) is 0.849. The van der Waals surface area contributed by atoms with Gasteiger partial charge in [-0.2, -0.15) is 5.26 Å². The fourth-order valence-corrected chi connectivity index (χ4v) is 2.47. The number of carbonyl (C=O) groups is 1. The Labute approximate surface area is 148 Å². The van der Waals surface area contributed by atoms with Crippen molar-refractivity contribution in [3.8, 4) is 11.8 Å². The molecule has 2 aromatic carbocycles. The van der Waals surface area contributed by atoms with Crippen LogP contribution in [0.5, 0.6) is 5.75 Å². The van der Waals surface area contributed by atoms with E-state index in [2.05, 4.69) is 16.7 Å². The highest BCUT2D eigenvalue weighted by molar-refractivity contribution is 5.90. The Morgan fingerprint density at radius 1 is 1.20 bits per heavy atom. The van der Waals surface area contributed by atoms with Gasteiger partial charge in [0.05, 0.1) is 24.4 Å². The van der Waals surface area contributed by atoms with Crippen LogP contribution in [0.3, 0.4) is 0 Å². The first-order valence-corrected chi connectivity index (χ1v) is 7.89. The van der Waals surface area contributed by atoms with Crippen LogP contribution >= 0.6 is 0 Å². The Morgan fingerprint density at radius 2 is 1.88 bits per heavy atom. The predicted molar refractivity (Wildman–Crippen MR) is 97.6 cm³/mol. The van der Waals surface area contributed by atoms with Crippen LogP contribution in [0.15, 0.2) is 48.5 Å². The van der Waals surface area contributed by atoms with Gasteiger partial charge in [-0.1, -0.05) is 24.3 Å². The van der Waals surface area contributed by atoms with Gasteiger partial charge >= 0.3 is 6.03 Å². The molecule has 0 bridgehead atoms. The van der Waals surface area contributed by atoms with Crippen LogP contribution in [0.4, 0.5) is 10.5 Å². The number of carbonyl (C=O) groups excluding carboxylic acids is 1. The molecule has 25 heavy (non-hydrogen) atoms. The summed E-state index contributed by atoms with van der Waals surface area (Å²) in [6, 6.07) is 16.4. The van der Waals surface area contributed by atoms with Crippen molar-refractivity contribution in [3.63, 3.8) is 0 Å². The first-order chi connectivity index (χ1) is 12.0. The van der Waals surface area contributed by atoms with Gasteiger partial charge in [-0.05, 0) is 43.9 Å². The predicted octanol–water partition coefficient (Wildman–Crippen LogP) is 2.99. The van der Waals surface area contributed by atoms with Crippen molar-refractivity contribution >= 4 is 11.7 Å². The number of likely N-dealkylation sites (N-methyl/N-ethyl adjacent to an activating group) is 1. The summed E-state index contributed by atoms with van der Waals surface area (Å²) < 4.78 is 5.18. The molecule has 0 radical (unpaired) electrons. The molecule has 2 amide bonds. The van der Waals surface area contributed by atoms with Gasteiger partial charge in [0.25, 0.3) is 0 Å². The minimum absolute atomic E-state index is 0.0165. The van der Waals surface area contributed by atoms with Crippen molar-refractivity contribution in [2.24, 2.45) is 0 Å². The third-order valence-corrected chi connectivity index (χ3v) is 3.88. The molecule has 1 unspecified atom stereocenters.